The number of rotatable bonds is 5. The van der Waals surface area contributed by atoms with Crippen molar-refractivity contribution in [1.29, 1.82) is 0 Å². The molecule has 1 aliphatic rings. The summed E-state index contributed by atoms with van der Waals surface area (Å²) in [7, 11) is -3.41. The maximum absolute atomic E-state index is 12.9. The summed E-state index contributed by atoms with van der Waals surface area (Å²) in [6.07, 6.45) is 2.95. The Bertz CT molecular complexity index is 799. The molecule has 1 aromatic carbocycles. The molecule has 0 unspecified atom stereocenters. The van der Waals surface area contributed by atoms with E-state index in [4.69, 9.17) is 4.74 Å². The summed E-state index contributed by atoms with van der Waals surface area (Å²) in [5.41, 5.74) is 1.51. The summed E-state index contributed by atoms with van der Waals surface area (Å²) < 4.78 is 45.4. The van der Waals surface area contributed by atoms with Gasteiger partial charge in [-0.1, -0.05) is 12.1 Å². The van der Waals surface area contributed by atoms with Crippen molar-refractivity contribution in [2.45, 2.75) is 31.6 Å². The van der Waals surface area contributed by atoms with Gasteiger partial charge in [0.15, 0.2) is 0 Å². The maximum Gasteiger partial charge on any atom is 0.218 e. The zero-order valence-electron chi connectivity index (χ0n) is 14.1. The van der Waals surface area contributed by atoms with Crippen molar-refractivity contribution in [2.24, 2.45) is 0 Å². The van der Waals surface area contributed by atoms with E-state index in [2.05, 4.69) is 4.98 Å². The van der Waals surface area contributed by atoms with Gasteiger partial charge in [-0.15, -0.1) is 0 Å². The lowest BCUT2D eigenvalue weighted by atomic mass is 10.1. The molecule has 0 atom stereocenters. The summed E-state index contributed by atoms with van der Waals surface area (Å²) in [5.74, 6) is 0.226. The van der Waals surface area contributed by atoms with Crippen LogP contribution in [0.5, 0.6) is 5.75 Å². The lowest BCUT2D eigenvalue weighted by Gasteiger charge is -2.31. The summed E-state index contributed by atoms with van der Waals surface area (Å²) in [6, 6.07) is 9.33. The average Bonchev–Trinajstić information content (AvgIpc) is 2.59. The molecule has 3 rings (SSSR count). The number of sulfonamides is 1. The number of aryl methyl sites for hydroxylation is 1. The van der Waals surface area contributed by atoms with Gasteiger partial charge >= 0.3 is 0 Å². The third kappa shape index (κ3) is 4.76. The van der Waals surface area contributed by atoms with Gasteiger partial charge in [-0.2, -0.15) is 0 Å². The molecule has 134 valence electrons. The second-order valence-electron chi connectivity index (χ2n) is 6.23. The summed E-state index contributed by atoms with van der Waals surface area (Å²) in [6.45, 7) is 2.76. The standard InChI is InChI=1S/C18H21FN2O3S/c1-14-2-7-18(12-20-14)24-17-8-10-21(11-9-17)25(22,23)13-15-3-5-16(19)6-4-15/h2-7,12,17H,8-11,13H2,1H3. The van der Waals surface area contributed by atoms with Crippen LogP contribution in [0.15, 0.2) is 42.6 Å². The lowest BCUT2D eigenvalue weighted by Crippen LogP contribution is -2.42. The summed E-state index contributed by atoms with van der Waals surface area (Å²) in [4.78, 5) is 4.19. The lowest BCUT2D eigenvalue weighted by molar-refractivity contribution is 0.134. The third-order valence-electron chi connectivity index (χ3n) is 4.24. The molecule has 0 amide bonds. The van der Waals surface area contributed by atoms with Gasteiger partial charge in [0.1, 0.15) is 17.7 Å². The van der Waals surface area contributed by atoms with E-state index in [1.807, 2.05) is 19.1 Å². The molecule has 5 nitrogen and oxygen atoms in total. The highest BCUT2D eigenvalue weighted by atomic mass is 32.2. The van der Waals surface area contributed by atoms with E-state index in [1.165, 1.54) is 28.6 Å². The van der Waals surface area contributed by atoms with Gasteiger partial charge in [0.25, 0.3) is 0 Å². The van der Waals surface area contributed by atoms with Gasteiger partial charge in [-0.25, -0.2) is 17.1 Å². The molecule has 25 heavy (non-hydrogen) atoms. The van der Waals surface area contributed by atoms with Crippen LogP contribution in [0.2, 0.25) is 0 Å². The maximum atomic E-state index is 12.9. The SMILES string of the molecule is Cc1ccc(OC2CCN(S(=O)(=O)Cc3ccc(F)cc3)CC2)cn1. The number of halogens is 1. The zero-order valence-corrected chi connectivity index (χ0v) is 14.9. The smallest absolute Gasteiger partial charge is 0.218 e. The van der Waals surface area contributed by atoms with Crippen molar-refractivity contribution >= 4 is 10.0 Å². The molecule has 0 bridgehead atoms. The molecule has 0 radical (unpaired) electrons. The fraction of sp³-hybridized carbons (Fsp3) is 0.389. The minimum absolute atomic E-state index is 0.0122. The van der Waals surface area contributed by atoms with Crippen LogP contribution in [0, 0.1) is 12.7 Å². The fourth-order valence-corrected chi connectivity index (χ4v) is 4.39. The van der Waals surface area contributed by atoms with Crippen LogP contribution in [0.1, 0.15) is 24.1 Å². The van der Waals surface area contributed by atoms with Crippen molar-refractivity contribution < 1.29 is 17.5 Å². The molecule has 0 saturated carbocycles. The molecule has 7 heteroatoms. The van der Waals surface area contributed by atoms with Crippen molar-refractivity contribution in [3.05, 3.63) is 59.7 Å². The number of benzene rings is 1. The highest BCUT2D eigenvalue weighted by molar-refractivity contribution is 7.88. The molecule has 0 aliphatic carbocycles. The Labute approximate surface area is 147 Å². The normalized spacial score (nSPS) is 16.7. The first-order valence-electron chi connectivity index (χ1n) is 8.24. The largest absolute Gasteiger partial charge is 0.489 e. The highest BCUT2D eigenvalue weighted by Gasteiger charge is 2.29. The van der Waals surface area contributed by atoms with E-state index < -0.39 is 10.0 Å². The number of aromatic nitrogens is 1. The van der Waals surface area contributed by atoms with Crippen molar-refractivity contribution in [3.8, 4) is 5.75 Å². The quantitative estimate of drug-likeness (QED) is 0.819. The minimum Gasteiger partial charge on any atom is -0.489 e. The first-order valence-corrected chi connectivity index (χ1v) is 9.85. The highest BCUT2D eigenvalue weighted by Crippen LogP contribution is 2.22. The Balaban J connectivity index is 1.55. The molecular weight excluding hydrogens is 343 g/mol. The minimum atomic E-state index is -3.41. The molecule has 0 N–H and O–H groups in total. The number of hydrogen-bond donors (Lipinski definition) is 0. The number of piperidine rings is 1. The summed E-state index contributed by atoms with van der Waals surface area (Å²) >= 11 is 0. The van der Waals surface area contributed by atoms with E-state index >= 15 is 0 Å². The number of ether oxygens (including phenoxy) is 1. The van der Waals surface area contributed by atoms with Crippen LogP contribution in [0.3, 0.4) is 0 Å². The Morgan fingerprint density at radius 2 is 1.84 bits per heavy atom. The van der Waals surface area contributed by atoms with Crippen LogP contribution < -0.4 is 4.74 Å². The van der Waals surface area contributed by atoms with Crippen LogP contribution >= 0.6 is 0 Å². The Hall–Kier alpha value is -1.99. The molecule has 1 fully saturated rings. The van der Waals surface area contributed by atoms with Crippen LogP contribution in [0.4, 0.5) is 4.39 Å². The average molecular weight is 364 g/mol. The molecule has 1 aliphatic heterocycles. The van der Waals surface area contributed by atoms with Crippen molar-refractivity contribution in [2.75, 3.05) is 13.1 Å². The molecule has 2 aromatic rings. The predicted octanol–water partition coefficient (Wildman–Crippen LogP) is 2.90. The molecule has 0 spiro atoms. The molecule has 1 saturated heterocycles. The number of nitrogens with zero attached hydrogens (tertiary/aromatic N) is 2. The van der Waals surface area contributed by atoms with E-state index in [0.717, 1.165) is 5.69 Å². The second kappa shape index (κ2) is 7.49. The molecular formula is C18H21FN2O3S. The molecule has 2 heterocycles. The van der Waals surface area contributed by atoms with E-state index in [9.17, 15) is 12.8 Å². The fourth-order valence-electron chi connectivity index (χ4n) is 2.83. The number of hydrogen-bond acceptors (Lipinski definition) is 4. The molecule has 1 aromatic heterocycles. The van der Waals surface area contributed by atoms with Crippen molar-refractivity contribution in [1.82, 2.24) is 9.29 Å². The second-order valence-corrected chi connectivity index (χ2v) is 8.20. The Morgan fingerprint density at radius 3 is 2.44 bits per heavy atom. The van der Waals surface area contributed by atoms with Crippen molar-refractivity contribution in [3.63, 3.8) is 0 Å². The van der Waals surface area contributed by atoms with Gasteiger partial charge in [0.2, 0.25) is 10.0 Å². The van der Waals surface area contributed by atoms with Gasteiger partial charge in [0.05, 0.1) is 11.9 Å². The first kappa shape index (κ1) is 17.8. The van der Waals surface area contributed by atoms with Crippen LogP contribution in [-0.4, -0.2) is 36.9 Å². The first-order chi connectivity index (χ1) is 11.9. The van der Waals surface area contributed by atoms with Gasteiger partial charge in [-0.3, -0.25) is 4.98 Å². The van der Waals surface area contributed by atoms with E-state index in [-0.39, 0.29) is 17.7 Å². The number of pyridine rings is 1. The van der Waals surface area contributed by atoms with Gasteiger partial charge < -0.3 is 4.74 Å². The van der Waals surface area contributed by atoms with Gasteiger partial charge in [0, 0.05) is 18.8 Å². The monoisotopic (exact) mass is 364 g/mol. The van der Waals surface area contributed by atoms with Gasteiger partial charge in [-0.05, 0) is 49.6 Å². The predicted molar refractivity (Wildman–Crippen MR) is 93.2 cm³/mol. The Morgan fingerprint density at radius 1 is 1.16 bits per heavy atom. The Kier molecular flexibility index (Phi) is 5.34. The van der Waals surface area contributed by atoms with E-state index in [0.29, 0.717) is 37.2 Å². The topological polar surface area (TPSA) is 59.5 Å². The van der Waals surface area contributed by atoms with Crippen LogP contribution in [-0.2, 0) is 15.8 Å². The van der Waals surface area contributed by atoms with Crippen LogP contribution in [0.25, 0.3) is 0 Å². The summed E-state index contributed by atoms with van der Waals surface area (Å²) in [5, 5.41) is 0. The zero-order chi connectivity index (χ0) is 17.9. The third-order valence-corrected chi connectivity index (χ3v) is 6.09. The van der Waals surface area contributed by atoms with E-state index in [1.54, 1.807) is 6.20 Å².